The number of rotatable bonds is 5. The van der Waals surface area contributed by atoms with Gasteiger partial charge in [0.25, 0.3) is 0 Å². The highest BCUT2D eigenvalue weighted by Gasteiger charge is 2.46. The minimum Gasteiger partial charge on any atom is -0.245 e. The molecule has 0 fully saturated rings. The average Bonchev–Trinajstić information content (AvgIpc) is 3.63. The molecule has 2 heteroatoms. The van der Waals surface area contributed by atoms with Crippen molar-refractivity contribution in [3.63, 3.8) is 0 Å². The zero-order chi connectivity index (χ0) is 38.9. The van der Waals surface area contributed by atoms with Gasteiger partial charge in [-0.3, -0.25) is 0 Å². The fourth-order valence-corrected chi connectivity index (χ4v) is 9.89. The van der Waals surface area contributed by atoms with Gasteiger partial charge in [-0.2, -0.15) is 0 Å². The van der Waals surface area contributed by atoms with Crippen LogP contribution < -0.4 is 0 Å². The number of benzene rings is 9. The zero-order valence-electron chi connectivity index (χ0n) is 32.2. The molecule has 0 amide bonds. The Morgan fingerprint density at radius 2 is 0.814 bits per heavy atom. The van der Waals surface area contributed by atoms with Crippen molar-refractivity contribution in [2.24, 2.45) is 0 Å². The third kappa shape index (κ3) is 5.06. The smallest absolute Gasteiger partial charge is 0.0972 e. The van der Waals surface area contributed by atoms with Gasteiger partial charge in [0.15, 0.2) is 0 Å². The van der Waals surface area contributed by atoms with Gasteiger partial charge in [-0.25, -0.2) is 9.97 Å². The molecule has 0 spiro atoms. The Bertz CT molecular complexity index is 3370. The van der Waals surface area contributed by atoms with Gasteiger partial charge in [-0.1, -0.05) is 200 Å². The van der Waals surface area contributed by atoms with Crippen LogP contribution in [0.25, 0.3) is 88.1 Å². The SMILES string of the molecule is c1ccc(-c2ccc3ccc4ccc(-c5ccc(-c6cc7ccc8c(c7c7ccccc67)-c6ccccc6C8(c6ccccc6)c6ccccc6)cc5)nc4c3n2)cc1. The zero-order valence-corrected chi connectivity index (χ0v) is 32.2. The molecule has 0 radical (unpaired) electrons. The van der Waals surface area contributed by atoms with Crippen LogP contribution >= 0.6 is 0 Å². The first-order valence-corrected chi connectivity index (χ1v) is 20.3. The molecule has 1 aliphatic rings. The molecule has 12 rings (SSSR count). The second kappa shape index (κ2) is 13.2. The van der Waals surface area contributed by atoms with E-state index in [1.54, 1.807) is 0 Å². The number of hydrogen-bond acceptors (Lipinski definition) is 2. The van der Waals surface area contributed by atoms with Gasteiger partial charge in [0.05, 0.1) is 27.8 Å². The lowest BCUT2D eigenvalue weighted by Gasteiger charge is -2.34. The first kappa shape index (κ1) is 33.5. The summed E-state index contributed by atoms with van der Waals surface area (Å²) in [6.45, 7) is 0. The second-order valence-electron chi connectivity index (χ2n) is 15.6. The third-order valence-electron chi connectivity index (χ3n) is 12.5. The van der Waals surface area contributed by atoms with Crippen LogP contribution in [0.15, 0.2) is 218 Å². The topological polar surface area (TPSA) is 25.8 Å². The predicted octanol–water partition coefficient (Wildman–Crippen LogP) is 14.5. The van der Waals surface area contributed by atoms with Crippen molar-refractivity contribution in [1.82, 2.24) is 9.97 Å². The highest BCUT2D eigenvalue weighted by atomic mass is 14.8. The van der Waals surface area contributed by atoms with E-state index in [4.69, 9.17) is 9.97 Å². The Balaban J connectivity index is 1.01. The predicted molar refractivity (Wildman–Crippen MR) is 246 cm³/mol. The summed E-state index contributed by atoms with van der Waals surface area (Å²) in [5.41, 5.74) is 15.7. The van der Waals surface area contributed by atoms with Crippen LogP contribution in [0.3, 0.4) is 0 Å². The van der Waals surface area contributed by atoms with E-state index in [1.807, 2.05) is 6.07 Å². The first-order valence-electron chi connectivity index (χ1n) is 20.3. The fraction of sp³-hybridized carbons (Fsp3) is 0.0175. The van der Waals surface area contributed by atoms with Gasteiger partial charge in [0.1, 0.15) is 0 Å². The summed E-state index contributed by atoms with van der Waals surface area (Å²) in [6.07, 6.45) is 0. The molecule has 11 aromatic rings. The molecule has 9 aromatic carbocycles. The van der Waals surface area contributed by atoms with Crippen molar-refractivity contribution >= 4 is 43.4 Å². The summed E-state index contributed by atoms with van der Waals surface area (Å²) in [6, 6.07) is 79.3. The van der Waals surface area contributed by atoms with E-state index >= 15 is 0 Å². The molecule has 1 aliphatic carbocycles. The summed E-state index contributed by atoms with van der Waals surface area (Å²) in [4.78, 5) is 10.4. The maximum Gasteiger partial charge on any atom is 0.0972 e. The average molecular weight is 749 g/mol. The molecular formula is C57H36N2. The van der Waals surface area contributed by atoms with Crippen molar-refractivity contribution in [2.45, 2.75) is 5.41 Å². The van der Waals surface area contributed by atoms with E-state index < -0.39 is 5.41 Å². The number of fused-ring (bicyclic) bond motifs is 10. The van der Waals surface area contributed by atoms with Crippen molar-refractivity contribution in [3.8, 4) is 44.8 Å². The standard InChI is InChI=1S/C57H36N2/c1-4-14-38(15-5-1)51-34-31-40-28-29-41-32-35-52(59-56(41)55(40)58-51)39-26-24-37(25-27-39)48-36-42-30-33-50-54(53(42)46-21-11-10-20-45(46)48)47-22-12-13-23-49(47)57(50,43-16-6-2-7-17-43)44-18-8-3-9-19-44/h1-36H. The van der Waals surface area contributed by atoms with Gasteiger partial charge in [0, 0.05) is 21.9 Å². The molecular weight excluding hydrogens is 713 g/mol. The van der Waals surface area contributed by atoms with Crippen molar-refractivity contribution in [2.75, 3.05) is 0 Å². The Morgan fingerprint density at radius 3 is 1.46 bits per heavy atom. The Morgan fingerprint density at radius 1 is 0.322 bits per heavy atom. The molecule has 59 heavy (non-hydrogen) atoms. The maximum absolute atomic E-state index is 5.25. The third-order valence-corrected chi connectivity index (χ3v) is 12.5. The van der Waals surface area contributed by atoms with Gasteiger partial charge >= 0.3 is 0 Å². The van der Waals surface area contributed by atoms with Crippen molar-refractivity contribution in [1.29, 1.82) is 0 Å². The minimum absolute atomic E-state index is 0.443. The van der Waals surface area contributed by atoms with E-state index in [0.717, 1.165) is 44.3 Å². The van der Waals surface area contributed by atoms with Crippen LogP contribution in [0, 0.1) is 0 Å². The molecule has 0 bridgehead atoms. The van der Waals surface area contributed by atoms with Gasteiger partial charge in [0.2, 0.25) is 0 Å². The maximum atomic E-state index is 5.25. The lowest BCUT2D eigenvalue weighted by molar-refractivity contribution is 0.769. The molecule has 0 atom stereocenters. The number of pyridine rings is 2. The molecule has 0 aliphatic heterocycles. The van der Waals surface area contributed by atoms with Gasteiger partial charge in [-0.05, 0) is 84.3 Å². The van der Waals surface area contributed by atoms with E-state index in [9.17, 15) is 0 Å². The normalized spacial score (nSPS) is 12.9. The van der Waals surface area contributed by atoms with Crippen LogP contribution in [0.5, 0.6) is 0 Å². The van der Waals surface area contributed by atoms with Crippen LogP contribution in [0.2, 0.25) is 0 Å². The summed E-state index contributed by atoms with van der Waals surface area (Å²) >= 11 is 0. The summed E-state index contributed by atoms with van der Waals surface area (Å²) in [5, 5.41) is 7.21. The number of hydrogen-bond donors (Lipinski definition) is 0. The second-order valence-corrected chi connectivity index (χ2v) is 15.6. The van der Waals surface area contributed by atoms with E-state index in [2.05, 4.69) is 212 Å². The molecule has 0 unspecified atom stereocenters. The summed E-state index contributed by atoms with van der Waals surface area (Å²) in [5.74, 6) is 0. The highest BCUT2D eigenvalue weighted by Crippen LogP contribution is 2.58. The molecule has 0 saturated heterocycles. The largest absolute Gasteiger partial charge is 0.245 e. The summed E-state index contributed by atoms with van der Waals surface area (Å²) in [7, 11) is 0. The molecule has 2 nitrogen and oxygen atoms in total. The van der Waals surface area contributed by atoms with Crippen LogP contribution in [0.1, 0.15) is 22.3 Å². The lowest BCUT2D eigenvalue weighted by atomic mass is 9.67. The molecule has 0 saturated carbocycles. The first-order chi connectivity index (χ1) is 29.3. The van der Waals surface area contributed by atoms with Crippen LogP contribution in [0.4, 0.5) is 0 Å². The number of nitrogens with zero attached hydrogens (tertiary/aromatic N) is 2. The molecule has 2 aromatic heterocycles. The Hall–Kier alpha value is -7.68. The Kier molecular flexibility index (Phi) is 7.48. The molecule has 0 N–H and O–H groups in total. The van der Waals surface area contributed by atoms with Crippen molar-refractivity contribution in [3.05, 3.63) is 241 Å². The Labute approximate surface area is 342 Å². The van der Waals surface area contributed by atoms with E-state index in [0.29, 0.717) is 0 Å². The van der Waals surface area contributed by atoms with Crippen LogP contribution in [-0.4, -0.2) is 9.97 Å². The highest BCUT2D eigenvalue weighted by molar-refractivity contribution is 6.20. The minimum atomic E-state index is -0.443. The van der Waals surface area contributed by atoms with Gasteiger partial charge in [-0.15, -0.1) is 0 Å². The molecule has 274 valence electrons. The van der Waals surface area contributed by atoms with E-state index in [-0.39, 0.29) is 0 Å². The van der Waals surface area contributed by atoms with Gasteiger partial charge < -0.3 is 0 Å². The van der Waals surface area contributed by atoms with Crippen molar-refractivity contribution < 1.29 is 0 Å². The van der Waals surface area contributed by atoms with E-state index in [1.165, 1.54) is 66.1 Å². The quantitative estimate of drug-likeness (QED) is 0.164. The monoisotopic (exact) mass is 748 g/mol. The lowest BCUT2D eigenvalue weighted by Crippen LogP contribution is -2.28. The fourth-order valence-electron chi connectivity index (χ4n) is 9.89. The number of aromatic nitrogens is 2. The molecule has 2 heterocycles. The summed E-state index contributed by atoms with van der Waals surface area (Å²) < 4.78 is 0. The van der Waals surface area contributed by atoms with Crippen LogP contribution in [-0.2, 0) is 5.41 Å².